The zero-order chi connectivity index (χ0) is 26.0. The van der Waals surface area contributed by atoms with Gasteiger partial charge in [-0.15, -0.1) is 0 Å². The lowest BCUT2D eigenvalue weighted by Crippen LogP contribution is -2.65. The quantitative estimate of drug-likeness (QED) is 0.176. The second kappa shape index (κ2) is 11.3. The first kappa shape index (κ1) is 27.8. The highest BCUT2D eigenvalue weighted by Crippen LogP contribution is 2.68. The highest BCUT2D eigenvalue weighted by molar-refractivity contribution is 5.78. The molecule has 0 bridgehead atoms. The maximum Gasteiger partial charge on any atom is 0.188 e. The average Bonchev–Trinajstić information content (AvgIpc) is 3.11. The molecular formula is C28H52N6O2. The van der Waals surface area contributed by atoms with Gasteiger partial charge in [0, 0.05) is 24.6 Å². The minimum atomic E-state index is -0.752. The number of hydrogen-bond acceptors (Lipinski definition) is 6. The Hall–Kier alpha value is -1.22. The van der Waals surface area contributed by atoms with Crippen LogP contribution < -0.4 is 16.8 Å². The fourth-order valence-corrected chi connectivity index (χ4v) is 8.90. The van der Waals surface area contributed by atoms with E-state index in [0.717, 1.165) is 64.5 Å². The molecule has 206 valence electrons. The fraction of sp³-hybridized carbons (Fsp3) is 0.929. The van der Waals surface area contributed by atoms with Crippen molar-refractivity contribution >= 4 is 12.2 Å². The minimum Gasteiger partial charge on any atom is -0.389 e. The summed E-state index contributed by atoms with van der Waals surface area (Å²) in [6.45, 7) is 5.49. The van der Waals surface area contributed by atoms with Crippen LogP contribution >= 0.6 is 0 Å². The van der Waals surface area contributed by atoms with E-state index in [2.05, 4.69) is 22.1 Å². The Morgan fingerprint density at radius 2 is 1.97 bits per heavy atom. The number of ether oxygens (including phenoxy) is 1. The molecule has 8 heteroatoms. The predicted molar refractivity (Wildman–Crippen MR) is 146 cm³/mol. The summed E-state index contributed by atoms with van der Waals surface area (Å²) in [6, 6.07) is 0.0605. The van der Waals surface area contributed by atoms with Crippen molar-refractivity contribution in [3.63, 3.8) is 0 Å². The van der Waals surface area contributed by atoms with Gasteiger partial charge < -0.3 is 36.9 Å². The highest BCUT2D eigenvalue weighted by Gasteiger charge is 2.68. The molecule has 4 aliphatic rings. The zero-order valence-electron chi connectivity index (χ0n) is 23.0. The van der Waals surface area contributed by atoms with Crippen molar-refractivity contribution < 1.29 is 9.84 Å². The van der Waals surface area contributed by atoms with E-state index in [1.165, 1.54) is 19.1 Å². The van der Waals surface area contributed by atoms with Gasteiger partial charge in [0.25, 0.3) is 0 Å². The predicted octanol–water partition coefficient (Wildman–Crippen LogP) is 2.73. The Kier molecular flexibility index (Phi) is 8.70. The number of aliphatic hydroxyl groups is 1. The number of likely N-dealkylation sites (N-methyl/N-ethyl adjacent to an activating group) is 1. The van der Waals surface area contributed by atoms with E-state index >= 15 is 0 Å². The van der Waals surface area contributed by atoms with Gasteiger partial charge >= 0.3 is 0 Å². The number of nitrogens with one attached hydrogen (secondary N) is 2. The molecule has 4 fully saturated rings. The smallest absolute Gasteiger partial charge is 0.188 e. The van der Waals surface area contributed by atoms with E-state index < -0.39 is 5.60 Å². The van der Waals surface area contributed by atoms with E-state index in [1.54, 1.807) is 0 Å². The van der Waals surface area contributed by atoms with Gasteiger partial charge in [-0.2, -0.15) is 0 Å². The molecular weight excluding hydrogens is 452 g/mol. The summed E-state index contributed by atoms with van der Waals surface area (Å²) in [7, 11) is 4.06. The molecule has 0 aliphatic heterocycles. The molecule has 7 N–H and O–H groups in total. The van der Waals surface area contributed by atoms with Gasteiger partial charge in [0.15, 0.2) is 5.96 Å². The van der Waals surface area contributed by atoms with Crippen LogP contribution in [0.1, 0.15) is 77.6 Å². The number of nitrogens with two attached hydrogens (primary N) is 2. The number of fused-ring (bicyclic) bond motifs is 5. The van der Waals surface area contributed by atoms with Gasteiger partial charge in [0.1, 0.15) is 0 Å². The fourth-order valence-electron chi connectivity index (χ4n) is 8.90. The van der Waals surface area contributed by atoms with Gasteiger partial charge in [0.05, 0.1) is 18.2 Å². The summed E-state index contributed by atoms with van der Waals surface area (Å²) in [5, 5.41) is 24.1. The van der Waals surface area contributed by atoms with Gasteiger partial charge in [0.2, 0.25) is 0 Å². The highest BCUT2D eigenvalue weighted by atomic mass is 16.5. The van der Waals surface area contributed by atoms with E-state index in [0.29, 0.717) is 49.3 Å². The molecule has 8 nitrogen and oxygen atoms in total. The first-order valence-electron chi connectivity index (χ1n) is 14.4. The van der Waals surface area contributed by atoms with Crippen molar-refractivity contribution in [3.8, 4) is 0 Å². The van der Waals surface area contributed by atoms with Crippen LogP contribution in [0.3, 0.4) is 0 Å². The standard InChI is InChI=1S/C28H52N6O2/c1-26-10-7-21(36-18-4-14-29)19-20(26)5-6-23-22(26)8-11-27(13-15-30)24(9-12-28(23,27)35)33-25(31)32-16-17-34(2)3/h15,20-24,30,35H,4-14,16-19,29H2,1-3H3,(H3,31,32,33)/t20-,21+,22+,23-,24+,26+,27+,28+/m1/s1. The van der Waals surface area contributed by atoms with Crippen molar-refractivity contribution in [2.45, 2.75) is 95.3 Å². The Bertz CT molecular complexity index is 792. The van der Waals surface area contributed by atoms with E-state index in [9.17, 15) is 5.11 Å². The van der Waals surface area contributed by atoms with Crippen LogP contribution in [0.2, 0.25) is 0 Å². The SMILES string of the molecule is CN(C)CCN=C(N)N[C@H]1CC[C@]2(O)[C@@H]3CC[C@@H]4C[C@@H](OCCCN)CC[C@]4(C)[C@H]3CC[C@]12CC=N. The Morgan fingerprint density at radius 3 is 2.69 bits per heavy atom. The summed E-state index contributed by atoms with van der Waals surface area (Å²) in [4.78, 5) is 6.64. The van der Waals surface area contributed by atoms with Crippen molar-refractivity contribution in [2.75, 3.05) is 40.3 Å². The normalized spacial score (nSPS) is 42.5. The van der Waals surface area contributed by atoms with Crippen LogP contribution in [0.15, 0.2) is 4.99 Å². The monoisotopic (exact) mass is 504 g/mol. The lowest BCUT2D eigenvalue weighted by Gasteiger charge is -2.64. The molecule has 0 aromatic heterocycles. The topological polar surface area (TPSA) is 133 Å². The lowest BCUT2D eigenvalue weighted by molar-refractivity contribution is -0.210. The maximum atomic E-state index is 12.6. The molecule has 8 atom stereocenters. The molecule has 0 aromatic rings. The summed E-state index contributed by atoms with van der Waals surface area (Å²) >= 11 is 0. The minimum absolute atomic E-state index is 0.0605. The van der Waals surface area contributed by atoms with Crippen molar-refractivity contribution in [3.05, 3.63) is 0 Å². The van der Waals surface area contributed by atoms with Gasteiger partial charge in [-0.05, 0) is 121 Å². The first-order valence-corrected chi connectivity index (χ1v) is 14.4. The molecule has 36 heavy (non-hydrogen) atoms. The molecule has 4 saturated carbocycles. The van der Waals surface area contributed by atoms with Crippen molar-refractivity contribution in [1.29, 1.82) is 5.41 Å². The third kappa shape index (κ3) is 4.95. The summed E-state index contributed by atoms with van der Waals surface area (Å²) in [6.07, 6.45) is 12.9. The molecule has 0 amide bonds. The maximum absolute atomic E-state index is 12.6. The number of rotatable bonds is 10. The number of aliphatic imine (C=N–C) groups is 1. The van der Waals surface area contributed by atoms with Crippen LogP contribution in [0.4, 0.5) is 0 Å². The summed E-state index contributed by atoms with van der Waals surface area (Å²) in [5.41, 5.74) is 11.2. The second-order valence-corrected chi connectivity index (χ2v) is 12.7. The Morgan fingerprint density at radius 1 is 1.17 bits per heavy atom. The summed E-state index contributed by atoms with van der Waals surface area (Å²) < 4.78 is 6.19. The van der Waals surface area contributed by atoms with E-state index in [1.807, 2.05) is 14.1 Å². The van der Waals surface area contributed by atoms with Gasteiger partial charge in [-0.1, -0.05) is 6.92 Å². The van der Waals surface area contributed by atoms with Gasteiger partial charge in [-0.25, -0.2) is 0 Å². The molecule has 0 heterocycles. The Balaban J connectivity index is 1.50. The molecule has 0 unspecified atom stereocenters. The van der Waals surface area contributed by atoms with E-state index in [-0.39, 0.29) is 16.9 Å². The zero-order valence-corrected chi connectivity index (χ0v) is 23.0. The second-order valence-electron chi connectivity index (χ2n) is 12.7. The number of nitrogens with zero attached hydrogens (tertiary/aromatic N) is 2. The molecule has 4 rings (SSSR count). The lowest BCUT2D eigenvalue weighted by atomic mass is 9.43. The van der Waals surface area contributed by atoms with Crippen LogP contribution in [0, 0.1) is 34.0 Å². The van der Waals surface area contributed by atoms with Crippen LogP contribution in [0.5, 0.6) is 0 Å². The van der Waals surface area contributed by atoms with Gasteiger partial charge in [-0.3, -0.25) is 4.99 Å². The third-order valence-corrected chi connectivity index (χ3v) is 10.8. The molecule has 4 aliphatic carbocycles. The largest absolute Gasteiger partial charge is 0.389 e. The number of hydrogen-bond donors (Lipinski definition) is 5. The molecule has 0 aromatic carbocycles. The summed E-state index contributed by atoms with van der Waals surface area (Å²) in [5.74, 6) is 1.97. The van der Waals surface area contributed by atoms with Crippen LogP contribution in [-0.2, 0) is 4.74 Å². The Labute approximate surface area is 218 Å². The van der Waals surface area contributed by atoms with Crippen molar-refractivity contribution in [2.24, 2.45) is 45.0 Å². The van der Waals surface area contributed by atoms with E-state index in [4.69, 9.17) is 21.6 Å². The number of guanidine groups is 1. The molecule has 0 spiro atoms. The van der Waals surface area contributed by atoms with Crippen LogP contribution in [-0.4, -0.2) is 80.3 Å². The average molecular weight is 505 g/mol. The van der Waals surface area contributed by atoms with Crippen molar-refractivity contribution in [1.82, 2.24) is 10.2 Å². The third-order valence-electron chi connectivity index (χ3n) is 10.8. The first-order chi connectivity index (χ1) is 17.2. The molecule has 0 saturated heterocycles. The molecule has 0 radical (unpaired) electrons. The van der Waals surface area contributed by atoms with Crippen LogP contribution in [0.25, 0.3) is 0 Å².